The van der Waals surface area contributed by atoms with E-state index in [1.807, 2.05) is 0 Å². The number of carbonyl (C=O) groups is 1. The minimum Gasteiger partial charge on any atom is -0.381 e. The maximum atomic E-state index is 13.0. The number of halogens is 3. The lowest BCUT2D eigenvalue weighted by molar-refractivity contribution is -0.138. The predicted molar refractivity (Wildman–Crippen MR) is 63.8 cm³/mol. The van der Waals surface area contributed by atoms with E-state index in [2.05, 4.69) is 0 Å². The third kappa shape index (κ3) is 3.15. The highest BCUT2D eigenvalue weighted by Gasteiger charge is 2.37. The molecule has 1 unspecified atom stereocenters. The molecule has 1 aromatic rings. The summed E-state index contributed by atoms with van der Waals surface area (Å²) >= 11 is 0. The Bertz CT molecular complexity index is 437. The van der Waals surface area contributed by atoms with Crippen LogP contribution in [0.2, 0.25) is 0 Å². The van der Waals surface area contributed by atoms with Crippen molar-refractivity contribution in [1.29, 1.82) is 0 Å². The molecule has 0 N–H and O–H groups in total. The van der Waals surface area contributed by atoms with E-state index in [4.69, 9.17) is 4.74 Å². The van der Waals surface area contributed by atoms with Gasteiger partial charge in [0.25, 0.3) is 0 Å². The van der Waals surface area contributed by atoms with Crippen LogP contribution in [0.25, 0.3) is 0 Å². The number of aldehydes is 1. The standard InChI is InChI=1S/C14H15F3O2/c15-14(16,17)13-4-2-1-3-11(13)12(9-18)10-5-7-19-8-6-10/h1-4,9-10,12H,5-8H2. The molecule has 1 atom stereocenters. The molecule has 1 aromatic carbocycles. The van der Waals surface area contributed by atoms with E-state index in [1.165, 1.54) is 12.1 Å². The lowest BCUT2D eigenvalue weighted by atomic mass is 9.80. The first kappa shape index (κ1) is 14.1. The van der Waals surface area contributed by atoms with Gasteiger partial charge in [0.15, 0.2) is 0 Å². The van der Waals surface area contributed by atoms with Crippen LogP contribution in [0.4, 0.5) is 13.2 Å². The van der Waals surface area contributed by atoms with Crippen molar-refractivity contribution in [3.63, 3.8) is 0 Å². The van der Waals surface area contributed by atoms with E-state index < -0.39 is 17.7 Å². The molecule has 0 spiro atoms. The molecule has 5 heteroatoms. The highest BCUT2D eigenvalue weighted by Crippen LogP contribution is 2.39. The maximum absolute atomic E-state index is 13.0. The molecular formula is C14H15F3O2. The SMILES string of the molecule is O=CC(c1ccccc1C(F)(F)F)C1CCOCC1. The second-order valence-corrected chi connectivity index (χ2v) is 4.70. The average Bonchev–Trinajstić information content (AvgIpc) is 2.40. The van der Waals surface area contributed by atoms with Crippen molar-refractivity contribution in [2.75, 3.05) is 13.2 Å². The van der Waals surface area contributed by atoms with Gasteiger partial charge >= 0.3 is 6.18 Å². The summed E-state index contributed by atoms with van der Waals surface area (Å²) < 4.78 is 44.1. The predicted octanol–water partition coefficient (Wildman–Crippen LogP) is 3.41. The summed E-state index contributed by atoms with van der Waals surface area (Å²) in [5.41, 5.74) is -0.629. The first-order chi connectivity index (χ1) is 9.04. The van der Waals surface area contributed by atoms with E-state index in [0.717, 1.165) is 6.07 Å². The smallest absolute Gasteiger partial charge is 0.381 e. The van der Waals surface area contributed by atoms with Gasteiger partial charge in [0, 0.05) is 19.1 Å². The molecule has 1 saturated heterocycles. The molecule has 2 nitrogen and oxygen atoms in total. The fourth-order valence-corrected chi connectivity index (χ4v) is 2.56. The molecule has 1 fully saturated rings. The highest BCUT2D eigenvalue weighted by atomic mass is 19.4. The molecule has 2 rings (SSSR count). The van der Waals surface area contributed by atoms with Crippen molar-refractivity contribution < 1.29 is 22.7 Å². The van der Waals surface area contributed by atoms with Crippen LogP contribution in [0.3, 0.4) is 0 Å². The molecule has 0 aromatic heterocycles. The van der Waals surface area contributed by atoms with Crippen molar-refractivity contribution in [1.82, 2.24) is 0 Å². The van der Waals surface area contributed by atoms with Gasteiger partial charge in [-0.15, -0.1) is 0 Å². The molecule has 19 heavy (non-hydrogen) atoms. The van der Waals surface area contributed by atoms with Crippen molar-refractivity contribution in [3.8, 4) is 0 Å². The zero-order valence-corrected chi connectivity index (χ0v) is 10.3. The van der Waals surface area contributed by atoms with E-state index in [1.54, 1.807) is 6.07 Å². The van der Waals surface area contributed by atoms with Gasteiger partial charge in [-0.1, -0.05) is 18.2 Å². The molecule has 0 amide bonds. The van der Waals surface area contributed by atoms with Crippen LogP contribution in [0, 0.1) is 5.92 Å². The zero-order chi connectivity index (χ0) is 13.9. The summed E-state index contributed by atoms with van der Waals surface area (Å²) in [6.07, 6.45) is -2.55. The Labute approximate surface area is 109 Å². The van der Waals surface area contributed by atoms with Gasteiger partial charge in [0.05, 0.1) is 5.56 Å². The van der Waals surface area contributed by atoms with Crippen LogP contribution in [0.1, 0.15) is 29.9 Å². The first-order valence-electron chi connectivity index (χ1n) is 6.23. The number of hydrogen-bond acceptors (Lipinski definition) is 2. The minimum absolute atomic E-state index is 0.0743. The van der Waals surface area contributed by atoms with Crippen molar-refractivity contribution in [3.05, 3.63) is 35.4 Å². The van der Waals surface area contributed by atoms with Gasteiger partial charge in [-0.3, -0.25) is 0 Å². The average molecular weight is 272 g/mol. The zero-order valence-electron chi connectivity index (χ0n) is 10.3. The molecule has 1 aliphatic heterocycles. The van der Waals surface area contributed by atoms with Gasteiger partial charge in [-0.25, -0.2) is 0 Å². The summed E-state index contributed by atoms with van der Waals surface area (Å²) in [5.74, 6) is -0.781. The van der Waals surface area contributed by atoms with Gasteiger partial charge < -0.3 is 9.53 Å². The molecule has 0 saturated carbocycles. The largest absolute Gasteiger partial charge is 0.416 e. The lowest BCUT2D eigenvalue weighted by Gasteiger charge is -2.28. The van der Waals surface area contributed by atoms with Gasteiger partial charge in [-0.05, 0) is 30.4 Å². The number of carbonyl (C=O) groups excluding carboxylic acids is 1. The summed E-state index contributed by atoms with van der Waals surface area (Å²) in [6.45, 7) is 1.01. The summed E-state index contributed by atoms with van der Waals surface area (Å²) in [5, 5.41) is 0. The molecule has 1 heterocycles. The Morgan fingerprint density at radius 1 is 1.21 bits per heavy atom. The number of rotatable bonds is 3. The number of hydrogen-bond donors (Lipinski definition) is 0. The van der Waals surface area contributed by atoms with E-state index in [-0.39, 0.29) is 11.5 Å². The third-order valence-corrected chi connectivity index (χ3v) is 3.55. The van der Waals surface area contributed by atoms with E-state index in [9.17, 15) is 18.0 Å². The van der Waals surface area contributed by atoms with Crippen LogP contribution in [-0.2, 0) is 15.7 Å². The molecule has 0 radical (unpaired) electrons. The second-order valence-electron chi connectivity index (χ2n) is 4.70. The minimum atomic E-state index is -4.43. The van der Waals surface area contributed by atoms with Crippen molar-refractivity contribution in [2.24, 2.45) is 5.92 Å². The number of ether oxygens (including phenoxy) is 1. The Morgan fingerprint density at radius 2 is 1.84 bits per heavy atom. The maximum Gasteiger partial charge on any atom is 0.416 e. The van der Waals surface area contributed by atoms with Crippen molar-refractivity contribution in [2.45, 2.75) is 24.9 Å². The van der Waals surface area contributed by atoms with E-state index >= 15 is 0 Å². The first-order valence-corrected chi connectivity index (χ1v) is 6.23. The third-order valence-electron chi connectivity index (χ3n) is 3.55. The highest BCUT2D eigenvalue weighted by molar-refractivity contribution is 5.64. The number of benzene rings is 1. The van der Waals surface area contributed by atoms with Crippen LogP contribution >= 0.6 is 0 Å². The van der Waals surface area contributed by atoms with Crippen LogP contribution in [0.15, 0.2) is 24.3 Å². The van der Waals surface area contributed by atoms with Crippen LogP contribution in [-0.4, -0.2) is 19.5 Å². The monoisotopic (exact) mass is 272 g/mol. The summed E-state index contributed by atoms with van der Waals surface area (Å²) in [6, 6.07) is 5.32. The quantitative estimate of drug-likeness (QED) is 0.788. The van der Waals surface area contributed by atoms with Crippen molar-refractivity contribution >= 4 is 6.29 Å². The molecule has 0 bridgehead atoms. The Balaban J connectivity index is 2.35. The van der Waals surface area contributed by atoms with Gasteiger partial charge in [-0.2, -0.15) is 13.2 Å². The normalized spacial score (nSPS) is 19.1. The van der Waals surface area contributed by atoms with Crippen LogP contribution in [0.5, 0.6) is 0 Å². The molecule has 0 aliphatic carbocycles. The summed E-state index contributed by atoms with van der Waals surface area (Å²) in [7, 11) is 0. The fraction of sp³-hybridized carbons (Fsp3) is 0.500. The van der Waals surface area contributed by atoms with Gasteiger partial charge in [0.2, 0.25) is 0 Å². The Hall–Kier alpha value is -1.36. The molecular weight excluding hydrogens is 257 g/mol. The fourth-order valence-electron chi connectivity index (χ4n) is 2.56. The lowest BCUT2D eigenvalue weighted by Crippen LogP contribution is -2.25. The molecule has 104 valence electrons. The Kier molecular flexibility index (Phi) is 4.24. The second kappa shape index (κ2) is 5.74. The topological polar surface area (TPSA) is 26.3 Å². The van der Waals surface area contributed by atoms with E-state index in [0.29, 0.717) is 32.3 Å². The Morgan fingerprint density at radius 3 is 2.42 bits per heavy atom. The van der Waals surface area contributed by atoms with Crippen LogP contribution < -0.4 is 0 Å². The van der Waals surface area contributed by atoms with Gasteiger partial charge in [0.1, 0.15) is 6.29 Å². The number of alkyl halides is 3. The molecule has 1 aliphatic rings. The summed E-state index contributed by atoms with van der Waals surface area (Å²) in [4.78, 5) is 11.3.